The van der Waals surface area contributed by atoms with Crippen LogP contribution in [0, 0.1) is 13.8 Å². The van der Waals surface area contributed by atoms with Gasteiger partial charge in [-0.15, -0.1) is 0 Å². The molecule has 0 saturated carbocycles. The number of methoxy groups -OCH3 is 1. The van der Waals surface area contributed by atoms with Crippen LogP contribution in [-0.4, -0.2) is 26.2 Å². The van der Waals surface area contributed by atoms with E-state index in [1.54, 1.807) is 7.11 Å². The topological polar surface area (TPSA) is 47.6 Å². The van der Waals surface area contributed by atoms with E-state index in [1.165, 1.54) is 11.1 Å². The minimum absolute atomic E-state index is 0.0150. The van der Waals surface area contributed by atoms with E-state index in [-0.39, 0.29) is 5.91 Å². The van der Waals surface area contributed by atoms with E-state index in [2.05, 4.69) is 19.2 Å². The second kappa shape index (κ2) is 8.22. The minimum atomic E-state index is -0.0150. The fraction of sp³-hybridized carbons (Fsp3) is 0.316. The average Bonchev–Trinajstić information content (AvgIpc) is 2.55. The molecule has 0 saturated heterocycles. The van der Waals surface area contributed by atoms with Crippen molar-refractivity contribution >= 4 is 5.91 Å². The molecular formula is C19H23NO3. The highest BCUT2D eigenvalue weighted by atomic mass is 16.5. The first-order valence-electron chi connectivity index (χ1n) is 7.68. The summed E-state index contributed by atoms with van der Waals surface area (Å²) in [6.07, 6.45) is 0.355. The van der Waals surface area contributed by atoms with Gasteiger partial charge in [-0.2, -0.15) is 0 Å². The van der Waals surface area contributed by atoms with E-state index in [9.17, 15) is 4.79 Å². The van der Waals surface area contributed by atoms with Crippen molar-refractivity contribution in [3.8, 4) is 11.5 Å². The van der Waals surface area contributed by atoms with Crippen molar-refractivity contribution in [2.75, 3.05) is 20.3 Å². The summed E-state index contributed by atoms with van der Waals surface area (Å²) in [7, 11) is 1.62. The van der Waals surface area contributed by atoms with Crippen LogP contribution in [0.1, 0.15) is 16.7 Å². The fourth-order valence-electron chi connectivity index (χ4n) is 2.15. The number of carbonyl (C=O) groups excluding carboxylic acids is 1. The molecule has 23 heavy (non-hydrogen) atoms. The van der Waals surface area contributed by atoms with Crippen LogP contribution in [0.5, 0.6) is 11.5 Å². The van der Waals surface area contributed by atoms with Gasteiger partial charge in [0.05, 0.1) is 20.1 Å². The predicted molar refractivity (Wildman–Crippen MR) is 91.1 cm³/mol. The van der Waals surface area contributed by atoms with E-state index in [0.29, 0.717) is 19.6 Å². The average molecular weight is 313 g/mol. The monoisotopic (exact) mass is 313 g/mol. The summed E-state index contributed by atoms with van der Waals surface area (Å²) in [5, 5.41) is 2.86. The summed E-state index contributed by atoms with van der Waals surface area (Å²) in [4.78, 5) is 11.9. The highest BCUT2D eigenvalue weighted by Gasteiger charge is 2.03. The fourth-order valence-corrected chi connectivity index (χ4v) is 2.15. The van der Waals surface area contributed by atoms with Crippen LogP contribution in [0.25, 0.3) is 0 Å². The Kier molecular flexibility index (Phi) is 6.03. The predicted octanol–water partition coefficient (Wildman–Crippen LogP) is 3.05. The zero-order chi connectivity index (χ0) is 16.7. The molecule has 0 spiro atoms. The van der Waals surface area contributed by atoms with Crippen LogP contribution in [0.3, 0.4) is 0 Å². The van der Waals surface area contributed by atoms with Gasteiger partial charge in [0.25, 0.3) is 0 Å². The van der Waals surface area contributed by atoms with Crippen LogP contribution in [0.2, 0.25) is 0 Å². The molecule has 0 bridgehead atoms. The number of carbonyl (C=O) groups is 1. The molecule has 1 amide bonds. The van der Waals surface area contributed by atoms with Gasteiger partial charge in [-0.1, -0.05) is 18.2 Å². The standard InChI is InChI=1S/C19H23NO3/c1-14-4-7-18(12-15(14)2)23-11-10-20-19(21)13-16-5-8-17(22-3)9-6-16/h4-9,12H,10-11,13H2,1-3H3,(H,20,21). The largest absolute Gasteiger partial charge is 0.497 e. The molecule has 4 nitrogen and oxygen atoms in total. The number of rotatable bonds is 7. The Morgan fingerprint density at radius 1 is 1.00 bits per heavy atom. The molecule has 0 unspecified atom stereocenters. The number of benzene rings is 2. The van der Waals surface area contributed by atoms with Crippen LogP contribution >= 0.6 is 0 Å². The number of aryl methyl sites for hydroxylation is 2. The quantitative estimate of drug-likeness (QED) is 0.799. The number of amides is 1. The van der Waals surface area contributed by atoms with Crippen molar-refractivity contribution in [2.24, 2.45) is 0 Å². The van der Waals surface area contributed by atoms with Gasteiger partial charge in [0.1, 0.15) is 18.1 Å². The maximum Gasteiger partial charge on any atom is 0.224 e. The molecule has 0 aliphatic heterocycles. The van der Waals surface area contributed by atoms with E-state index in [4.69, 9.17) is 9.47 Å². The highest BCUT2D eigenvalue weighted by molar-refractivity contribution is 5.78. The Hall–Kier alpha value is -2.49. The van der Waals surface area contributed by atoms with Crippen molar-refractivity contribution in [3.05, 3.63) is 59.2 Å². The lowest BCUT2D eigenvalue weighted by Gasteiger charge is -2.09. The van der Waals surface area contributed by atoms with Gasteiger partial charge < -0.3 is 14.8 Å². The van der Waals surface area contributed by atoms with E-state index >= 15 is 0 Å². The second-order valence-electron chi connectivity index (χ2n) is 5.47. The number of nitrogens with one attached hydrogen (secondary N) is 1. The molecule has 122 valence electrons. The molecule has 1 N–H and O–H groups in total. The SMILES string of the molecule is COc1ccc(CC(=O)NCCOc2ccc(C)c(C)c2)cc1. The third-order valence-corrected chi connectivity index (χ3v) is 3.70. The van der Waals surface area contributed by atoms with E-state index in [0.717, 1.165) is 17.1 Å². The summed E-state index contributed by atoms with van der Waals surface area (Å²) >= 11 is 0. The van der Waals surface area contributed by atoms with Crippen molar-refractivity contribution in [1.29, 1.82) is 0 Å². The van der Waals surface area contributed by atoms with Gasteiger partial charge in [0.15, 0.2) is 0 Å². The summed E-state index contributed by atoms with van der Waals surface area (Å²) < 4.78 is 10.7. The van der Waals surface area contributed by atoms with Gasteiger partial charge in [0.2, 0.25) is 5.91 Å². The van der Waals surface area contributed by atoms with Gasteiger partial charge in [-0.05, 0) is 54.8 Å². The number of hydrogen-bond donors (Lipinski definition) is 1. The number of ether oxygens (including phenoxy) is 2. The third kappa shape index (κ3) is 5.33. The molecule has 4 heteroatoms. The molecule has 0 aliphatic rings. The van der Waals surface area contributed by atoms with Crippen LogP contribution in [0.15, 0.2) is 42.5 Å². The van der Waals surface area contributed by atoms with Crippen LogP contribution in [0.4, 0.5) is 0 Å². The normalized spacial score (nSPS) is 10.2. The molecule has 0 aromatic heterocycles. The van der Waals surface area contributed by atoms with Crippen molar-refractivity contribution in [1.82, 2.24) is 5.32 Å². The molecule has 2 rings (SSSR count). The zero-order valence-electron chi connectivity index (χ0n) is 13.9. The summed E-state index contributed by atoms with van der Waals surface area (Å²) in [6.45, 7) is 5.07. The molecule has 0 atom stereocenters. The third-order valence-electron chi connectivity index (χ3n) is 3.70. The first-order chi connectivity index (χ1) is 11.1. The van der Waals surface area contributed by atoms with E-state index in [1.807, 2.05) is 42.5 Å². The number of hydrogen-bond acceptors (Lipinski definition) is 3. The molecular weight excluding hydrogens is 290 g/mol. The summed E-state index contributed by atoms with van der Waals surface area (Å²) in [5.74, 6) is 1.60. The summed E-state index contributed by atoms with van der Waals surface area (Å²) in [6, 6.07) is 13.5. The van der Waals surface area contributed by atoms with Crippen LogP contribution < -0.4 is 14.8 Å². The van der Waals surface area contributed by atoms with Crippen molar-refractivity contribution in [2.45, 2.75) is 20.3 Å². The van der Waals surface area contributed by atoms with Gasteiger partial charge in [0, 0.05) is 0 Å². The smallest absolute Gasteiger partial charge is 0.224 e. The Bertz CT molecular complexity index is 650. The van der Waals surface area contributed by atoms with Gasteiger partial charge in [-0.25, -0.2) is 0 Å². The minimum Gasteiger partial charge on any atom is -0.497 e. The first kappa shape index (κ1) is 16.9. The maximum atomic E-state index is 11.9. The zero-order valence-corrected chi connectivity index (χ0v) is 13.9. The van der Waals surface area contributed by atoms with Crippen molar-refractivity contribution < 1.29 is 14.3 Å². The highest BCUT2D eigenvalue weighted by Crippen LogP contribution is 2.16. The summed E-state index contributed by atoms with van der Waals surface area (Å²) in [5.41, 5.74) is 3.40. The van der Waals surface area contributed by atoms with Crippen LogP contribution in [-0.2, 0) is 11.2 Å². The van der Waals surface area contributed by atoms with Gasteiger partial charge in [-0.3, -0.25) is 4.79 Å². The Labute approximate surface area is 137 Å². The lowest BCUT2D eigenvalue weighted by molar-refractivity contribution is -0.120. The maximum absolute atomic E-state index is 11.9. The Morgan fingerprint density at radius 3 is 2.35 bits per heavy atom. The lowest BCUT2D eigenvalue weighted by Crippen LogP contribution is -2.29. The molecule has 0 radical (unpaired) electrons. The molecule has 0 fully saturated rings. The Balaban J connectivity index is 1.70. The second-order valence-corrected chi connectivity index (χ2v) is 5.47. The molecule has 2 aromatic carbocycles. The lowest BCUT2D eigenvalue weighted by atomic mass is 10.1. The van der Waals surface area contributed by atoms with E-state index < -0.39 is 0 Å². The first-order valence-corrected chi connectivity index (χ1v) is 7.68. The Morgan fingerprint density at radius 2 is 1.70 bits per heavy atom. The molecule has 0 aliphatic carbocycles. The van der Waals surface area contributed by atoms with Gasteiger partial charge >= 0.3 is 0 Å². The molecule has 2 aromatic rings. The molecule has 0 heterocycles. The van der Waals surface area contributed by atoms with Crippen molar-refractivity contribution in [3.63, 3.8) is 0 Å².